The number of ketones is 2. The minimum atomic E-state index is -0.434. The predicted molar refractivity (Wildman–Crippen MR) is 124 cm³/mol. The number of hydrogen-bond donors (Lipinski definition) is 1. The Morgan fingerprint density at radius 1 is 1.14 bits per heavy atom. The van der Waals surface area contributed by atoms with Gasteiger partial charge in [0.1, 0.15) is 0 Å². The number of nitrogens with zero attached hydrogens (tertiary/aromatic N) is 1. The lowest BCUT2D eigenvalue weighted by Gasteiger charge is -2.29. The van der Waals surface area contributed by atoms with Crippen LogP contribution in [0.2, 0.25) is 0 Å². The highest BCUT2D eigenvalue weighted by atomic mass is 127. The minimum absolute atomic E-state index is 0.00625. The number of nitriles is 1. The molecule has 0 spiro atoms. The van der Waals surface area contributed by atoms with Gasteiger partial charge in [-0.3, -0.25) is 9.59 Å². The Labute approximate surface area is 188 Å². The number of halogens is 1. The first-order valence-electron chi connectivity index (χ1n) is 9.02. The normalized spacial score (nSPS) is 16.3. The fourth-order valence-electron chi connectivity index (χ4n) is 3.33. The van der Waals surface area contributed by atoms with Crippen LogP contribution in [0, 0.1) is 14.9 Å². The lowest BCUT2D eigenvalue weighted by Crippen LogP contribution is -2.27. The van der Waals surface area contributed by atoms with Crippen molar-refractivity contribution >= 4 is 45.9 Å². The molecule has 1 aliphatic heterocycles. The molecule has 0 saturated carbocycles. The van der Waals surface area contributed by atoms with Gasteiger partial charge in [-0.15, -0.1) is 0 Å². The van der Waals surface area contributed by atoms with E-state index in [1.807, 2.05) is 61.5 Å². The first-order valence-corrected chi connectivity index (χ1v) is 11.1. The smallest absolute Gasteiger partial charge is 0.173 e. The zero-order valence-corrected chi connectivity index (χ0v) is 19.0. The summed E-state index contributed by atoms with van der Waals surface area (Å²) in [5.41, 5.74) is 3.30. The number of carbonyl (C=O) groups is 2. The van der Waals surface area contributed by atoms with Crippen molar-refractivity contribution in [3.8, 4) is 6.07 Å². The van der Waals surface area contributed by atoms with Crippen LogP contribution < -0.4 is 5.32 Å². The summed E-state index contributed by atoms with van der Waals surface area (Å²) < 4.78 is 1.07. The summed E-state index contributed by atoms with van der Waals surface area (Å²) in [6.07, 6.45) is 0. The third-order valence-corrected chi connectivity index (χ3v) is 6.41. The SMILES string of the molecule is CC(=O)C1=C(C)NC(SCC(=O)c2ccc(I)cc2)=C(C#N)[C@@H]1c1ccccc1. The summed E-state index contributed by atoms with van der Waals surface area (Å²) in [4.78, 5) is 24.9. The van der Waals surface area contributed by atoms with E-state index in [0.29, 0.717) is 21.7 Å². The Bertz CT molecular complexity index is 1050. The molecular formula is C23H19IN2O2S. The number of rotatable bonds is 6. The van der Waals surface area contributed by atoms with Crippen molar-refractivity contribution in [1.82, 2.24) is 5.32 Å². The molecule has 0 aliphatic carbocycles. The van der Waals surface area contributed by atoms with Crippen molar-refractivity contribution in [2.24, 2.45) is 0 Å². The maximum atomic E-state index is 12.6. The quantitative estimate of drug-likeness (QED) is 0.425. The van der Waals surface area contributed by atoms with Gasteiger partial charge in [0.15, 0.2) is 11.6 Å². The van der Waals surface area contributed by atoms with Crippen LogP contribution in [0.15, 0.2) is 76.5 Å². The Balaban J connectivity index is 1.93. The number of carbonyl (C=O) groups excluding carboxylic acids is 2. The maximum Gasteiger partial charge on any atom is 0.173 e. The third-order valence-electron chi connectivity index (χ3n) is 4.67. The summed E-state index contributed by atoms with van der Waals surface area (Å²) in [7, 11) is 0. The van der Waals surface area contributed by atoms with Gasteiger partial charge in [0.05, 0.1) is 28.3 Å². The molecule has 2 aromatic rings. The number of nitrogens with one attached hydrogen (secondary N) is 1. The highest BCUT2D eigenvalue weighted by Gasteiger charge is 2.33. The summed E-state index contributed by atoms with van der Waals surface area (Å²) >= 11 is 3.50. The van der Waals surface area contributed by atoms with E-state index >= 15 is 0 Å². The van der Waals surface area contributed by atoms with Gasteiger partial charge in [-0.25, -0.2) is 0 Å². The average molecular weight is 514 g/mol. The predicted octanol–water partition coefficient (Wildman–Crippen LogP) is 5.19. The fourth-order valence-corrected chi connectivity index (χ4v) is 4.67. The number of allylic oxidation sites excluding steroid dienone is 3. The molecule has 0 radical (unpaired) electrons. The summed E-state index contributed by atoms with van der Waals surface area (Å²) in [5.74, 6) is -0.307. The van der Waals surface area contributed by atoms with E-state index in [-0.39, 0.29) is 17.3 Å². The van der Waals surface area contributed by atoms with Gasteiger partial charge in [0.2, 0.25) is 0 Å². The molecule has 6 heteroatoms. The lowest BCUT2D eigenvalue weighted by atomic mass is 9.81. The van der Waals surface area contributed by atoms with Gasteiger partial charge in [0, 0.05) is 20.4 Å². The highest BCUT2D eigenvalue weighted by Crippen LogP contribution is 2.40. The van der Waals surface area contributed by atoms with Gasteiger partial charge in [0.25, 0.3) is 0 Å². The summed E-state index contributed by atoms with van der Waals surface area (Å²) in [6, 6.07) is 19.2. The van der Waals surface area contributed by atoms with Gasteiger partial charge < -0.3 is 5.32 Å². The molecule has 0 aromatic heterocycles. The van der Waals surface area contributed by atoms with Crippen LogP contribution in [-0.2, 0) is 4.79 Å². The number of benzene rings is 2. The molecule has 0 bridgehead atoms. The van der Waals surface area contributed by atoms with Gasteiger partial charge in [-0.1, -0.05) is 54.2 Å². The van der Waals surface area contributed by atoms with Crippen LogP contribution in [0.25, 0.3) is 0 Å². The van der Waals surface area contributed by atoms with E-state index < -0.39 is 5.92 Å². The molecule has 2 aromatic carbocycles. The Hall–Kier alpha value is -2.37. The molecule has 0 fully saturated rings. The van der Waals surface area contributed by atoms with Crippen molar-refractivity contribution in [2.75, 3.05) is 5.75 Å². The summed E-state index contributed by atoms with van der Waals surface area (Å²) in [6.45, 7) is 3.35. The van der Waals surface area contributed by atoms with Crippen LogP contribution in [-0.4, -0.2) is 17.3 Å². The molecule has 0 amide bonds. The molecule has 1 aliphatic rings. The molecule has 0 unspecified atom stereocenters. The molecule has 1 N–H and O–H groups in total. The minimum Gasteiger partial charge on any atom is -0.353 e. The van der Waals surface area contributed by atoms with Crippen LogP contribution in [0.5, 0.6) is 0 Å². The average Bonchev–Trinajstić information content (AvgIpc) is 2.72. The van der Waals surface area contributed by atoms with E-state index in [1.165, 1.54) is 18.7 Å². The second kappa shape index (κ2) is 9.42. The first-order chi connectivity index (χ1) is 13.9. The van der Waals surface area contributed by atoms with Crippen LogP contribution in [0.3, 0.4) is 0 Å². The Morgan fingerprint density at radius 2 is 1.79 bits per heavy atom. The molecule has 3 rings (SSSR count). The van der Waals surface area contributed by atoms with Crippen molar-refractivity contribution in [1.29, 1.82) is 5.26 Å². The number of hydrogen-bond acceptors (Lipinski definition) is 5. The van der Waals surface area contributed by atoms with E-state index in [4.69, 9.17) is 0 Å². The molecular weight excluding hydrogens is 495 g/mol. The van der Waals surface area contributed by atoms with E-state index in [9.17, 15) is 14.9 Å². The lowest BCUT2D eigenvalue weighted by molar-refractivity contribution is -0.113. The zero-order valence-electron chi connectivity index (χ0n) is 16.0. The maximum absolute atomic E-state index is 12.6. The van der Waals surface area contributed by atoms with Crippen LogP contribution >= 0.6 is 34.4 Å². The summed E-state index contributed by atoms with van der Waals surface area (Å²) in [5, 5.41) is 13.7. The van der Waals surface area contributed by atoms with Crippen molar-refractivity contribution in [3.05, 3.63) is 91.2 Å². The van der Waals surface area contributed by atoms with Crippen LogP contribution in [0.4, 0.5) is 0 Å². The first kappa shape index (κ1) is 21.3. The van der Waals surface area contributed by atoms with Gasteiger partial charge in [-0.05, 0) is 54.1 Å². The number of dihydropyridines is 1. The zero-order chi connectivity index (χ0) is 21.0. The van der Waals surface area contributed by atoms with Gasteiger partial charge in [-0.2, -0.15) is 5.26 Å². The topological polar surface area (TPSA) is 70.0 Å². The van der Waals surface area contributed by atoms with E-state index in [1.54, 1.807) is 0 Å². The molecule has 4 nitrogen and oxygen atoms in total. The fraction of sp³-hybridized carbons (Fsp3) is 0.174. The second-order valence-electron chi connectivity index (χ2n) is 6.64. The monoisotopic (exact) mass is 514 g/mol. The van der Waals surface area contributed by atoms with Crippen molar-refractivity contribution in [2.45, 2.75) is 19.8 Å². The molecule has 0 saturated heterocycles. The number of Topliss-reactive ketones (excluding diaryl/α,β-unsaturated/α-hetero) is 2. The van der Waals surface area contributed by atoms with E-state index in [2.05, 4.69) is 34.0 Å². The molecule has 1 heterocycles. The highest BCUT2D eigenvalue weighted by molar-refractivity contribution is 14.1. The third kappa shape index (κ3) is 4.80. The molecule has 146 valence electrons. The van der Waals surface area contributed by atoms with Crippen molar-refractivity contribution in [3.63, 3.8) is 0 Å². The number of thioether (sulfide) groups is 1. The standard InChI is InChI=1S/C23H19IN2O2S/c1-14-21(15(2)27)22(17-6-4-3-5-7-17)19(12-25)23(26-14)29-13-20(28)16-8-10-18(24)11-9-16/h3-11,22,26H,13H2,1-2H3/t22-/m0/s1. The Kier molecular flexibility index (Phi) is 6.93. The Morgan fingerprint density at radius 3 is 2.38 bits per heavy atom. The van der Waals surface area contributed by atoms with Gasteiger partial charge >= 0.3 is 0 Å². The second-order valence-corrected chi connectivity index (χ2v) is 8.87. The largest absolute Gasteiger partial charge is 0.353 e. The van der Waals surface area contributed by atoms with E-state index in [0.717, 1.165) is 14.8 Å². The van der Waals surface area contributed by atoms with Crippen molar-refractivity contribution < 1.29 is 9.59 Å². The van der Waals surface area contributed by atoms with Crippen LogP contribution in [0.1, 0.15) is 35.7 Å². The molecule has 1 atom stereocenters. The molecule has 29 heavy (non-hydrogen) atoms.